The number of hydrogen-bond acceptors (Lipinski definition) is 5. The molecule has 0 saturated carbocycles. The molecule has 7 heteroatoms. The largest absolute Gasteiger partial charge is 0.391 e. The molecule has 0 amide bonds. The molecule has 1 aliphatic rings. The molecule has 1 saturated heterocycles. The molecule has 1 aromatic heterocycles. The zero-order valence-corrected chi connectivity index (χ0v) is 13.0. The van der Waals surface area contributed by atoms with Crippen LogP contribution in [0.25, 0.3) is 10.1 Å². The lowest BCUT2D eigenvalue weighted by molar-refractivity contribution is 0.0774. The van der Waals surface area contributed by atoms with E-state index in [0.29, 0.717) is 23.5 Å². The molecule has 3 rings (SSSR count). The van der Waals surface area contributed by atoms with E-state index in [4.69, 9.17) is 4.74 Å². The van der Waals surface area contributed by atoms with Crippen molar-refractivity contribution in [2.24, 2.45) is 0 Å². The van der Waals surface area contributed by atoms with E-state index < -0.39 is 10.0 Å². The van der Waals surface area contributed by atoms with Crippen molar-refractivity contribution >= 4 is 31.4 Å². The summed E-state index contributed by atoms with van der Waals surface area (Å²) in [6, 6.07) is 7.10. The van der Waals surface area contributed by atoms with Crippen LogP contribution < -0.4 is 4.72 Å². The molecule has 0 radical (unpaired) electrons. The highest BCUT2D eigenvalue weighted by Gasteiger charge is 2.27. The van der Waals surface area contributed by atoms with Gasteiger partial charge >= 0.3 is 0 Å². The topological polar surface area (TPSA) is 75.6 Å². The summed E-state index contributed by atoms with van der Waals surface area (Å²) in [5.41, 5.74) is 0. The lowest BCUT2D eigenvalue weighted by atomic mass is 10.1. The van der Waals surface area contributed by atoms with Gasteiger partial charge in [0, 0.05) is 22.7 Å². The van der Waals surface area contributed by atoms with Gasteiger partial charge in [-0.15, -0.1) is 11.3 Å². The van der Waals surface area contributed by atoms with E-state index >= 15 is 0 Å². The SMILES string of the molecule is O=S(=O)(NC1CCCOC1)c1c(CO)sc2ccccc12. The normalized spacial score (nSPS) is 20.0. The van der Waals surface area contributed by atoms with Gasteiger partial charge in [0.05, 0.1) is 18.1 Å². The molecule has 2 heterocycles. The van der Waals surface area contributed by atoms with Gasteiger partial charge in [0.2, 0.25) is 10.0 Å². The number of ether oxygens (including phenoxy) is 1. The maximum absolute atomic E-state index is 12.7. The van der Waals surface area contributed by atoms with Crippen molar-refractivity contribution in [1.29, 1.82) is 0 Å². The minimum Gasteiger partial charge on any atom is -0.391 e. The van der Waals surface area contributed by atoms with Crippen molar-refractivity contribution in [3.05, 3.63) is 29.1 Å². The third kappa shape index (κ3) is 2.97. The van der Waals surface area contributed by atoms with Gasteiger partial charge in [-0.05, 0) is 18.9 Å². The smallest absolute Gasteiger partial charge is 0.242 e. The van der Waals surface area contributed by atoms with Gasteiger partial charge in [-0.25, -0.2) is 13.1 Å². The highest BCUT2D eigenvalue weighted by atomic mass is 32.2. The number of thiophene rings is 1. The van der Waals surface area contributed by atoms with E-state index in [-0.39, 0.29) is 17.5 Å². The molecule has 114 valence electrons. The third-order valence-electron chi connectivity index (χ3n) is 3.51. The standard InChI is InChI=1S/C14H17NO4S2/c16-8-13-14(11-5-1-2-6-12(11)20-13)21(17,18)15-10-4-3-7-19-9-10/h1-2,5-6,10,15-16H,3-4,7-9H2. The van der Waals surface area contributed by atoms with Gasteiger partial charge in [-0.1, -0.05) is 18.2 Å². The Balaban J connectivity index is 2.01. The molecular formula is C14H17NO4S2. The Kier molecular flexibility index (Phi) is 4.28. The molecule has 0 bridgehead atoms. The summed E-state index contributed by atoms with van der Waals surface area (Å²) in [4.78, 5) is 0.677. The summed E-state index contributed by atoms with van der Waals surface area (Å²) in [6.07, 6.45) is 1.63. The lowest BCUT2D eigenvalue weighted by Gasteiger charge is -2.23. The molecule has 2 N–H and O–H groups in total. The molecule has 21 heavy (non-hydrogen) atoms. The zero-order chi connectivity index (χ0) is 14.9. The van der Waals surface area contributed by atoms with Crippen molar-refractivity contribution in [3.63, 3.8) is 0 Å². The maximum atomic E-state index is 12.7. The van der Waals surface area contributed by atoms with E-state index in [1.807, 2.05) is 12.1 Å². The second-order valence-electron chi connectivity index (χ2n) is 5.04. The first-order valence-electron chi connectivity index (χ1n) is 6.83. The first-order chi connectivity index (χ1) is 10.1. The first-order valence-corrected chi connectivity index (χ1v) is 9.13. The van der Waals surface area contributed by atoms with Crippen molar-refractivity contribution in [2.75, 3.05) is 13.2 Å². The Labute approximate surface area is 127 Å². The van der Waals surface area contributed by atoms with Crippen LogP contribution in [0.1, 0.15) is 17.7 Å². The van der Waals surface area contributed by atoms with Crippen molar-refractivity contribution in [3.8, 4) is 0 Å². The Morgan fingerprint density at radius 1 is 1.38 bits per heavy atom. The summed E-state index contributed by atoms with van der Waals surface area (Å²) in [7, 11) is -3.67. The van der Waals surface area contributed by atoms with Crippen LogP contribution in [0.15, 0.2) is 29.2 Å². The molecule has 5 nitrogen and oxygen atoms in total. The number of rotatable bonds is 4. The van der Waals surface area contributed by atoms with E-state index in [9.17, 15) is 13.5 Å². The second kappa shape index (κ2) is 6.02. The monoisotopic (exact) mass is 327 g/mol. The minimum atomic E-state index is -3.67. The number of nitrogens with one attached hydrogen (secondary N) is 1. The molecule has 0 aliphatic carbocycles. The summed E-state index contributed by atoms with van der Waals surface area (Å²) >= 11 is 1.31. The molecule has 1 aromatic carbocycles. The zero-order valence-electron chi connectivity index (χ0n) is 11.4. The van der Waals surface area contributed by atoms with Gasteiger partial charge in [-0.3, -0.25) is 0 Å². The van der Waals surface area contributed by atoms with E-state index in [0.717, 1.165) is 17.5 Å². The summed E-state index contributed by atoms with van der Waals surface area (Å²) < 4.78 is 34.3. The molecule has 1 atom stereocenters. The van der Waals surface area contributed by atoms with E-state index in [1.54, 1.807) is 12.1 Å². The lowest BCUT2D eigenvalue weighted by Crippen LogP contribution is -2.40. The summed E-state index contributed by atoms with van der Waals surface area (Å²) in [5.74, 6) is 0. The van der Waals surface area contributed by atoms with E-state index in [1.165, 1.54) is 11.3 Å². The molecule has 0 spiro atoms. The van der Waals surface area contributed by atoms with Crippen molar-refractivity contribution < 1.29 is 18.3 Å². The second-order valence-corrected chi connectivity index (χ2v) is 7.83. The van der Waals surface area contributed by atoms with Gasteiger partial charge in [0.15, 0.2) is 0 Å². The van der Waals surface area contributed by atoms with E-state index in [2.05, 4.69) is 4.72 Å². The van der Waals surface area contributed by atoms with Crippen LogP contribution in [0, 0.1) is 0 Å². The summed E-state index contributed by atoms with van der Waals surface area (Å²) in [6.45, 7) is 0.800. The van der Waals surface area contributed by atoms with Gasteiger partial charge in [0.1, 0.15) is 4.90 Å². The quantitative estimate of drug-likeness (QED) is 0.898. The molecule has 1 aliphatic heterocycles. The molecule has 1 fully saturated rings. The van der Waals surface area contributed by atoms with Crippen LogP contribution in [0.2, 0.25) is 0 Å². The molecule has 1 unspecified atom stereocenters. The Morgan fingerprint density at radius 3 is 2.90 bits per heavy atom. The predicted octanol–water partition coefficient (Wildman–Crippen LogP) is 1.85. The Hall–Kier alpha value is -0.990. The highest BCUT2D eigenvalue weighted by Crippen LogP contribution is 2.34. The van der Waals surface area contributed by atoms with Crippen molar-refractivity contribution in [1.82, 2.24) is 4.72 Å². The highest BCUT2D eigenvalue weighted by molar-refractivity contribution is 7.90. The number of hydrogen-bond donors (Lipinski definition) is 2. The molecule has 2 aromatic rings. The summed E-state index contributed by atoms with van der Waals surface area (Å²) in [5, 5.41) is 10.1. The minimum absolute atomic E-state index is 0.200. The van der Waals surface area contributed by atoms with Crippen LogP contribution in [0.5, 0.6) is 0 Å². The van der Waals surface area contributed by atoms with Crippen LogP contribution in [-0.4, -0.2) is 32.8 Å². The van der Waals surface area contributed by atoms with Crippen LogP contribution in [0.3, 0.4) is 0 Å². The third-order valence-corrected chi connectivity index (χ3v) is 6.44. The van der Waals surface area contributed by atoms with Crippen LogP contribution in [-0.2, 0) is 21.4 Å². The Bertz CT molecular complexity index is 733. The van der Waals surface area contributed by atoms with Crippen LogP contribution in [0.4, 0.5) is 0 Å². The molecular weight excluding hydrogens is 310 g/mol. The Morgan fingerprint density at radius 2 is 2.19 bits per heavy atom. The number of sulfonamides is 1. The fourth-order valence-corrected chi connectivity index (χ4v) is 5.64. The maximum Gasteiger partial charge on any atom is 0.242 e. The average molecular weight is 327 g/mol. The van der Waals surface area contributed by atoms with Gasteiger partial charge < -0.3 is 9.84 Å². The average Bonchev–Trinajstić information content (AvgIpc) is 2.87. The fraction of sp³-hybridized carbons (Fsp3) is 0.429. The predicted molar refractivity (Wildman–Crippen MR) is 81.9 cm³/mol. The van der Waals surface area contributed by atoms with Crippen molar-refractivity contribution in [2.45, 2.75) is 30.4 Å². The number of aliphatic hydroxyl groups excluding tert-OH is 1. The number of benzene rings is 1. The first kappa shape index (κ1) is 14.9. The van der Waals surface area contributed by atoms with Crippen LogP contribution >= 0.6 is 11.3 Å². The number of aliphatic hydroxyl groups is 1. The number of fused-ring (bicyclic) bond motifs is 1. The van der Waals surface area contributed by atoms with Gasteiger partial charge in [0.25, 0.3) is 0 Å². The van der Waals surface area contributed by atoms with Gasteiger partial charge in [-0.2, -0.15) is 0 Å². The fourth-order valence-electron chi connectivity index (χ4n) is 2.58.